The third-order valence-corrected chi connectivity index (χ3v) is 6.10. The van der Waals surface area contributed by atoms with Crippen molar-refractivity contribution in [3.63, 3.8) is 0 Å². The highest BCUT2D eigenvalue weighted by atomic mass is 35.5. The average Bonchev–Trinajstić information content (AvgIpc) is 2.56. The number of morpholine rings is 1. The van der Waals surface area contributed by atoms with Crippen molar-refractivity contribution in [2.45, 2.75) is 14.7 Å². The molecule has 3 nitrogen and oxygen atoms in total. The normalized spacial score (nSPS) is 15.2. The molecular formula is C17H14Cl2N2OS2. The standard InChI is InChI=1S/C17H14Cl2N2OS2/c18-13-8-14(19)10-15(9-13)23-16-2-1-12(11-20)7-17(16)24-21-3-5-22-6-4-21/h1-2,7-10H,3-6H2. The van der Waals surface area contributed by atoms with Crippen molar-refractivity contribution in [2.75, 3.05) is 26.3 Å². The summed E-state index contributed by atoms with van der Waals surface area (Å²) in [7, 11) is 0. The van der Waals surface area contributed by atoms with Crippen molar-refractivity contribution in [2.24, 2.45) is 0 Å². The van der Waals surface area contributed by atoms with Gasteiger partial charge in [-0.3, -0.25) is 0 Å². The summed E-state index contributed by atoms with van der Waals surface area (Å²) in [6.45, 7) is 3.21. The van der Waals surface area contributed by atoms with Gasteiger partial charge in [0, 0.05) is 37.8 Å². The predicted octanol–water partition coefficient (Wildman–Crippen LogP) is 5.36. The lowest BCUT2D eigenvalue weighted by Crippen LogP contribution is -2.30. The molecule has 1 fully saturated rings. The Morgan fingerprint density at radius 1 is 1.00 bits per heavy atom. The monoisotopic (exact) mass is 396 g/mol. The zero-order valence-electron chi connectivity index (χ0n) is 12.7. The quantitative estimate of drug-likeness (QED) is 0.650. The van der Waals surface area contributed by atoms with Gasteiger partial charge in [0.15, 0.2) is 0 Å². The molecule has 0 N–H and O–H groups in total. The molecule has 7 heteroatoms. The fourth-order valence-corrected chi connectivity index (χ4v) is 4.99. The Kier molecular flexibility index (Phi) is 6.34. The molecule has 0 bridgehead atoms. The van der Waals surface area contributed by atoms with Crippen LogP contribution in [-0.2, 0) is 4.74 Å². The van der Waals surface area contributed by atoms with Gasteiger partial charge >= 0.3 is 0 Å². The van der Waals surface area contributed by atoms with Crippen LogP contribution in [-0.4, -0.2) is 30.6 Å². The van der Waals surface area contributed by atoms with Crippen molar-refractivity contribution in [3.05, 3.63) is 52.0 Å². The van der Waals surface area contributed by atoms with Gasteiger partial charge < -0.3 is 4.74 Å². The number of ether oxygens (including phenoxy) is 1. The Labute approximate surface area is 160 Å². The Balaban J connectivity index is 1.86. The summed E-state index contributed by atoms with van der Waals surface area (Å²) in [5.74, 6) is 0. The number of hydrogen-bond donors (Lipinski definition) is 0. The lowest BCUT2D eigenvalue weighted by atomic mass is 10.2. The van der Waals surface area contributed by atoms with Crippen molar-refractivity contribution in [3.8, 4) is 6.07 Å². The smallest absolute Gasteiger partial charge is 0.0992 e. The van der Waals surface area contributed by atoms with Crippen molar-refractivity contribution in [1.29, 1.82) is 5.26 Å². The lowest BCUT2D eigenvalue weighted by molar-refractivity contribution is 0.0773. The second-order valence-corrected chi connectivity index (χ2v) is 8.24. The summed E-state index contributed by atoms with van der Waals surface area (Å²) < 4.78 is 7.65. The van der Waals surface area contributed by atoms with Crippen molar-refractivity contribution in [1.82, 2.24) is 4.31 Å². The Morgan fingerprint density at radius 2 is 1.71 bits per heavy atom. The molecule has 2 aromatic rings. The van der Waals surface area contributed by atoms with Crippen LogP contribution in [0.25, 0.3) is 0 Å². The van der Waals surface area contributed by atoms with Gasteiger partial charge in [-0.2, -0.15) is 5.26 Å². The van der Waals surface area contributed by atoms with E-state index >= 15 is 0 Å². The molecule has 0 spiro atoms. The SMILES string of the molecule is N#Cc1ccc(Sc2cc(Cl)cc(Cl)c2)c(SN2CCOCC2)c1. The zero-order valence-corrected chi connectivity index (χ0v) is 15.8. The van der Waals surface area contributed by atoms with Crippen molar-refractivity contribution < 1.29 is 4.74 Å². The summed E-state index contributed by atoms with van der Waals surface area (Å²) in [5.41, 5.74) is 0.652. The van der Waals surface area contributed by atoms with E-state index in [-0.39, 0.29) is 0 Å². The first-order valence-corrected chi connectivity index (χ1v) is 9.67. The maximum absolute atomic E-state index is 9.19. The van der Waals surface area contributed by atoms with Crippen LogP contribution >= 0.6 is 46.9 Å². The Bertz CT molecular complexity index is 753. The number of nitriles is 1. The van der Waals surface area contributed by atoms with Gasteiger partial charge in [-0.15, -0.1) is 0 Å². The highest BCUT2D eigenvalue weighted by molar-refractivity contribution is 8.01. The van der Waals surface area contributed by atoms with Crippen LogP contribution in [0.15, 0.2) is 51.1 Å². The Hall–Kier alpha value is -0.870. The largest absolute Gasteiger partial charge is 0.379 e. The fourth-order valence-electron chi connectivity index (χ4n) is 2.22. The third-order valence-electron chi connectivity index (χ3n) is 3.33. The summed E-state index contributed by atoms with van der Waals surface area (Å²) in [4.78, 5) is 3.10. The summed E-state index contributed by atoms with van der Waals surface area (Å²) in [5, 5.41) is 10.4. The van der Waals surface area contributed by atoms with Crippen LogP contribution in [0.4, 0.5) is 0 Å². The van der Waals surface area contributed by atoms with Crippen LogP contribution in [0.2, 0.25) is 10.0 Å². The van der Waals surface area contributed by atoms with Crippen LogP contribution in [0, 0.1) is 11.3 Å². The van der Waals surface area contributed by atoms with E-state index in [1.807, 2.05) is 30.3 Å². The summed E-state index contributed by atoms with van der Waals surface area (Å²) >= 11 is 15.4. The molecule has 0 aliphatic carbocycles. The molecule has 3 rings (SSSR count). The molecule has 1 saturated heterocycles. The van der Waals surface area contributed by atoms with E-state index in [1.54, 1.807) is 29.8 Å². The molecule has 1 aliphatic heterocycles. The number of rotatable bonds is 4. The van der Waals surface area contributed by atoms with E-state index in [0.29, 0.717) is 15.6 Å². The van der Waals surface area contributed by atoms with Gasteiger partial charge in [-0.1, -0.05) is 35.0 Å². The fraction of sp³-hybridized carbons (Fsp3) is 0.235. The number of halogens is 2. The van der Waals surface area contributed by atoms with Crippen molar-refractivity contribution >= 4 is 46.9 Å². The first-order valence-electron chi connectivity index (χ1n) is 7.33. The Morgan fingerprint density at radius 3 is 2.38 bits per heavy atom. The van der Waals surface area contributed by atoms with Crippen LogP contribution < -0.4 is 0 Å². The third kappa shape index (κ3) is 4.82. The van der Waals surface area contributed by atoms with Crippen LogP contribution in [0.1, 0.15) is 5.56 Å². The lowest BCUT2D eigenvalue weighted by Gasteiger charge is -2.26. The van der Waals surface area contributed by atoms with Gasteiger partial charge in [0.05, 0.1) is 24.8 Å². The maximum Gasteiger partial charge on any atom is 0.0992 e. The van der Waals surface area contributed by atoms with Crippen LogP contribution in [0.5, 0.6) is 0 Å². The molecule has 1 heterocycles. The van der Waals surface area contributed by atoms with E-state index in [0.717, 1.165) is 41.0 Å². The minimum Gasteiger partial charge on any atom is -0.379 e. The van der Waals surface area contributed by atoms with E-state index in [2.05, 4.69) is 10.4 Å². The minimum atomic E-state index is 0.612. The van der Waals surface area contributed by atoms with Gasteiger partial charge in [-0.25, -0.2) is 4.31 Å². The van der Waals surface area contributed by atoms with Gasteiger partial charge in [0.2, 0.25) is 0 Å². The van der Waals surface area contributed by atoms with Gasteiger partial charge in [-0.05, 0) is 48.3 Å². The molecule has 0 aromatic heterocycles. The van der Waals surface area contributed by atoms with E-state index in [9.17, 15) is 5.26 Å². The maximum atomic E-state index is 9.19. The number of hydrogen-bond acceptors (Lipinski definition) is 5. The molecule has 0 amide bonds. The second kappa shape index (κ2) is 8.48. The molecular weight excluding hydrogens is 383 g/mol. The molecule has 24 heavy (non-hydrogen) atoms. The average molecular weight is 397 g/mol. The predicted molar refractivity (Wildman–Crippen MR) is 100.0 cm³/mol. The van der Waals surface area contributed by atoms with Gasteiger partial charge in [0.1, 0.15) is 0 Å². The highest BCUT2D eigenvalue weighted by Crippen LogP contribution is 2.39. The summed E-state index contributed by atoms with van der Waals surface area (Å²) in [6, 6.07) is 13.4. The molecule has 2 aromatic carbocycles. The number of nitrogens with zero attached hydrogens (tertiary/aromatic N) is 2. The topological polar surface area (TPSA) is 36.3 Å². The van der Waals surface area contributed by atoms with E-state index in [1.165, 1.54) is 0 Å². The second-order valence-electron chi connectivity index (χ2n) is 5.11. The van der Waals surface area contributed by atoms with E-state index < -0.39 is 0 Å². The zero-order chi connectivity index (χ0) is 16.9. The first kappa shape index (κ1) is 17.9. The minimum absolute atomic E-state index is 0.612. The first-order chi connectivity index (χ1) is 11.6. The summed E-state index contributed by atoms with van der Waals surface area (Å²) in [6.07, 6.45) is 0. The molecule has 0 unspecified atom stereocenters. The van der Waals surface area contributed by atoms with Gasteiger partial charge in [0.25, 0.3) is 0 Å². The highest BCUT2D eigenvalue weighted by Gasteiger charge is 2.15. The van der Waals surface area contributed by atoms with E-state index in [4.69, 9.17) is 27.9 Å². The number of benzene rings is 2. The molecule has 0 atom stereocenters. The van der Waals surface area contributed by atoms with Crippen LogP contribution in [0.3, 0.4) is 0 Å². The molecule has 0 radical (unpaired) electrons. The molecule has 0 saturated carbocycles. The molecule has 1 aliphatic rings. The molecule has 124 valence electrons.